The molecule has 4 rings (SSSR count). The minimum atomic E-state index is -0.215. The van der Waals surface area contributed by atoms with E-state index in [2.05, 4.69) is 35.2 Å². The van der Waals surface area contributed by atoms with Crippen LogP contribution in [0.1, 0.15) is 25.2 Å². The number of nitrogens with one attached hydrogen (secondary N) is 4. The van der Waals surface area contributed by atoms with Gasteiger partial charge in [0.15, 0.2) is 5.17 Å². The van der Waals surface area contributed by atoms with Crippen LogP contribution in [-0.4, -0.2) is 34.9 Å². The van der Waals surface area contributed by atoms with Gasteiger partial charge in [0.25, 0.3) is 0 Å². The number of furan rings is 1. The maximum absolute atomic E-state index is 12.3. The Kier molecular flexibility index (Phi) is 6.21. The van der Waals surface area contributed by atoms with Crippen molar-refractivity contribution in [3.63, 3.8) is 0 Å². The number of rotatable bonds is 6. The molecule has 3 atom stereocenters. The van der Waals surface area contributed by atoms with E-state index in [4.69, 9.17) is 14.8 Å². The number of anilines is 1. The Morgan fingerprint density at radius 3 is 2.80 bits per heavy atom. The second kappa shape index (κ2) is 9.03. The predicted molar refractivity (Wildman–Crippen MR) is 119 cm³/mol. The van der Waals surface area contributed by atoms with Gasteiger partial charge in [0.2, 0.25) is 5.91 Å². The smallest absolute Gasteiger partial charge is 0.230 e. The molecular formula is C21H26N6O2S. The summed E-state index contributed by atoms with van der Waals surface area (Å²) in [4.78, 5) is 19.0. The lowest BCUT2D eigenvalue weighted by molar-refractivity contribution is -0.118. The molecule has 2 aliphatic rings. The summed E-state index contributed by atoms with van der Waals surface area (Å²) < 4.78 is 5.25. The fourth-order valence-corrected chi connectivity index (χ4v) is 4.49. The maximum atomic E-state index is 12.3. The Morgan fingerprint density at radius 1 is 1.30 bits per heavy atom. The Balaban J connectivity index is 1.50. The molecule has 158 valence electrons. The van der Waals surface area contributed by atoms with Gasteiger partial charge in [0, 0.05) is 11.7 Å². The van der Waals surface area contributed by atoms with Crippen molar-refractivity contribution >= 4 is 34.4 Å². The molecule has 0 bridgehead atoms. The third kappa shape index (κ3) is 4.28. The molecule has 9 heteroatoms. The fourth-order valence-electron chi connectivity index (χ4n) is 3.61. The van der Waals surface area contributed by atoms with Crippen molar-refractivity contribution < 1.29 is 9.21 Å². The number of amidine groups is 2. The molecule has 1 aromatic heterocycles. The monoisotopic (exact) mass is 426 g/mol. The highest BCUT2D eigenvalue weighted by Crippen LogP contribution is 2.31. The number of fused-ring (bicyclic) bond motifs is 1. The molecule has 0 saturated carbocycles. The first-order chi connectivity index (χ1) is 14.6. The van der Waals surface area contributed by atoms with Crippen molar-refractivity contribution in [1.82, 2.24) is 16.2 Å². The molecule has 4 N–H and O–H groups in total. The van der Waals surface area contributed by atoms with Crippen LogP contribution in [0.4, 0.5) is 5.69 Å². The maximum Gasteiger partial charge on any atom is 0.230 e. The minimum absolute atomic E-state index is 0.0759. The average molecular weight is 427 g/mol. The van der Waals surface area contributed by atoms with Crippen LogP contribution in [-0.2, 0) is 17.8 Å². The molecule has 3 unspecified atom stereocenters. The van der Waals surface area contributed by atoms with E-state index in [0.717, 1.165) is 12.1 Å². The largest absolute Gasteiger partial charge is 0.467 e. The van der Waals surface area contributed by atoms with E-state index in [-0.39, 0.29) is 29.8 Å². The van der Waals surface area contributed by atoms with E-state index >= 15 is 0 Å². The molecule has 2 aromatic rings. The number of nitrogens with zero attached hydrogens (tertiary/aromatic N) is 2. The van der Waals surface area contributed by atoms with Crippen LogP contribution >= 0.6 is 11.8 Å². The van der Waals surface area contributed by atoms with Gasteiger partial charge in [0.05, 0.1) is 24.5 Å². The van der Waals surface area contributed by atoms with E-state index < -0.39 is 0 Å². The zero-order valence-electron chi connectivity index (χ0n) is 17.0. The Hall–Kier alpha value is -2.62. The molecule has 1 fully saturated rings. The second-order valence-electron chi connectivity index (χ2n) is 7.35. The van der Waals surface area contributed by atoms with Crippen molar-refractivity contribution in [1.29, 1.82) is 5.41 Å². The zero-order valence-corrected chi connectivity index (χ0v) is 17.8. The quantitative estimate of drug-likeness (QED) is 0.566. The third-order valence-corrected chi connectivity index (χ3v) is 6.26. The number of aliphatic imine (C=N–C) groups is 1. The summed E-state index contributed by atoms with van der Waals surface area (Å²) >= 11 is 1.33. The van der Waals surface area contributed by atoms with E-state index in [1.807, 2.05) is 30.0 Å². The van der Waals surface area contributed by atoms with Crippen LogP contribution in [0.25, 0.3) is 0 Å². The standard InChI is InChI=1S/C21H26N6O2S/c1-3-14-6-8-15(9-7-14)27-19(22)18-13(2)25-26-20(18)24-21(27)30-12-17(28)23-11-16-5-4-10-29-16/h4-10,13,18,20,22,25-26H,3,11-12H2,1-2H3,(H,23,28). The number of hydrogen-bond donors (Lipinski definition) is 4. The van der Waals surface area contributed by atoms with E-state index in [1.165, 1.54) is 17.3 Å². The predicted octanol–water partition coefficient (Wildman–Crippen LogP) is 2.48. The van der Waals surface area contributed by atoms with Gasteiger partial charge in [-0.25, -0.2) is 10.4 Å². The Labute approximate surface area is 180 Å². The van der Waals surface area contributed by atoms with Crippen LogP contribution in [0.2, 0.25) is 0 Å². The van der Waals surface area contributed by atoms with Crippen molar-refractivity contribution in [2.45, 2.75) is 39.0 Å². The van der Waals surface area contributed by atoms with Gasteiger partial charge >= 0.3 is 0 Å². The number of benzene rings is 1. The van der Waals surface area contributed by atoms with Crippen molar-refractivity contribution in [3.8, 4) is 0 Å². The van der Waals surface area contributed by atoms with E-state index in [0.29, 0.717) is 23.3 Å². The molecule has 0 aliphatic carbocycles. The first-order valence-corrected chi connectivity index (χ1v) is 11.0. The normalized spacial score (nSPS) is 23.3. The van der Waals surface area contributed by atoms with Crippen LogP contribution in [0.15, 0.2) is 52.1 Å². The molecule has 3 heterocycles. The molecular weight excluding hydrogens is 400 g/mol. The molecule has 2 aliphatic heterocycles. The average Bonchev–Trinajstić information content (AvgIpc) is 3.41. The highest BCUT2D eigenvalue weighted by molar-refractivity contribution is 8.14. The van der Waals surface area contributed by atoms with Gasteiger partial charge in [0.1, 0.15) is 17.8 Å². The topological polar surface area (TPSA) is 106 Å². The Morgan fingerprint density at radius 2 is 2.10 bits per heavy atom. The fraction of sp³-hybridized carbons (Fsp3) is 0.381. The summed E-state index contributed by atoms with van der Waals surface area (Å²) in [7, 11) is 0. The highest BCUT2D eigenvalue weighted by Gasteiger charge is 2.43. The van der Waals surface area contributed by atoms with Crippen LogP contribution in [0.5, 0.6) is 0 Å². The number of amides is 1. The first kappa shape index (κ1) is 20.6. The van der Waals surface area contributed by atoms with Crippen LogP contribution in [0, 0.1) is 11.3 Å². The van der Waals surface area contributed by atoms with Gasteiger partial charge in [-0.05, 0) is 43.2 Å². The molecule has 1 aromatic carbocycles. The third-order valence-electron chi connectivity index (χ3n) is 5.31. The summed E-state index contributed by atoms with van der Waals surface area (Å²) in [5.41, 5.74) is 8.46. The van der Waals surface area contributed by atoms with Gasteiger partial charge < -0.3 is 9.73 Å². The van der Waals surface area contributed by atoms with Gasteiger partial charge in [-0.2, -0.15) is 0 Å². The van der Waals surface area contributed by atoms with Crippen LogP contribution in [0.3, 0.4) is 0 Å². The number of hydrazine groups is 1. The van der Waals surface area contributed by atoms with Gasteiger partial charge in [-0.1, -0.05) is 30.8 Å². The molecule has 30 heavy (non-hydrogen) atoms. The van der Waals surface area contributed by atoms with Crippen molar-refractivity contribution in [2.75, 3.05) is 10.7 Å². The highest BCUT2D eigenvalue weighted by atomic mass is 32.2. The lowest BCUT2D eigenvalue weighted by Gasteiger charge is -2.36. The number of hydrogen-bond acceptors (Lipinski definition) is 7. The second-order valence-corrected chi connectivity index (χ2v) is 8.29. The summed E-state index contributed by atoms with van der Waals surface area (Å²) in [6.07, 6.45) is 2.33. The Bertz CT molecular complexity index is 927. The SMILES string of the molecule is CCc1ccc(N2C(=N)C3C(C)NNC3N=C2SCC(=O)NCc2ccco2)cc1. The first-order valence-electron chi connectivity index (χ1n) is 10.0. The van der Waals surface area contributed by atoms with E-state index in [1.54, 1.807) is 12.3 Å². The summed E-state index contributed by atoms with van der Waals surface area (Å²) in [6.45, 7) is 4.51. The molecule has 0 spiro atoms. The van der Waals surface area contributed by atoms with Crippen molar-refractivity contribution in [3.05, 3.63) is 54.0 Å². The molecule has 1 saturated heterocycles. The number of carbonyl (C=O) groups is 1. The molecule has 1 amide bonds. The molecule has 8 nitrogen and oxygen atoms in total. The summed E-state index contributed by atoms with van der Waals surface area (Å²) in [6, 6.07) is 11.9. The lowest BCUT2D eigenvalue weighted by atomic mass is 9.97. The lowest BCUT2D eigenvalue weighted by Crippen LogP contribution is -2.50. The zero-order chi connectivity index (χ0) is 21.1. The van der Waals surface area contributed by atoms with Gasteiger partial charge in [-0.15, -0.1) is 0 Å². The minimum Gasteiger partial charge on any atom is -0.467 e. The van der Waals surface area contributed by atoms with Crippen LogP contribution < -0.4 is 21.1 Å². The number of carbonyl (C=O) groups excluding carboxylic acids is 1. The number of aryl methyl sites for hydroxylation is 1. The summed E-state index contributed by atoms with van der Waals surface area (Å²) in [5, 5.41) is 12.4. The van der Waals surface area contributed by atoms with E-state index in [9.17, 15) is 4.79 Å². The summed E-state index contributed by atoms with van der Waals surface area (Å²) in [5.74, 6) is 1.20. The van der Waals surface area contributed by atoms with Gasteiger partial charge in [-0.3, -0.25) is 20.5 Å². The molecule has 0 radical (unpaired) electrons. The number of thioether (sulfide) groups is 1. The van der Waals surface area contributed by atoms with Crippen molar-refractivity contribution in [2.24, 2.45) is 10.9 Å².